The summed E-state index contributed by atoms with van der Waals surface area (Å²) in [5.41, 5.74) is 1.12. The quantitative estimate of drug-likeness (QED) is 0.157. The van der Waals surface area contributed by atoms with E-state index >= 15 is 4.79 Å². The molecule has 0 radical (unpaired) electrons. The Hall–Kier alpha value is -3.42. The summed E-state index contributed by atoms with van der Waals surface area (Å²) in [7, 11) is -2.93. The Labute approximate surface area is 307 Å². The lowest BCUT2D eigenvalue weighted by Gasteiger charge is -2.53. The van der Waals surface area contributed by atoms with Gasteiger partial charge in [0.05, 0.1) is 30.0 Å². The predicted octanol–water partition coefficient (Wildman–Crippen LogP) is 9.13. The third-order valence-electron chi connectivity index (χ3n) is 11.2. The molecule has 6 unspecified atom stereocenters. The van der Waals surface area contributed by atoms with Crippen LogP contribution in [0.5, 0.6) is 0 Å². The molecule has 4 aromatic rings. The summed E-state index contributed by atoms with van der Waals surface area (Å²) >= 11 is 13.0. The molecule has 262 valence electrons. The van der Waals surface area contributed by atoms with Crippen LogP contribution in [0.3, 0.4) is 0 Å². The summed E-state index contributed by atoms with van der Waals surface area (Å²) in [6, 6.07) is 36.1. The number of carbonyl (C=O) groups excluding carboxylic acids is 1. The molecule has 0 bridgehead atoms. The molecule has 1 heterocycles. The average molecular weight is 729 g/mol. The topological polar surface area (TPSA) is 66.8 Å². The number of carbonyl (C=O) groups is 2. The molecule has 4 aromatic carbocycles. The second-order valence-electron chi connectivity index (χ2n) is 15.3. The molecule has 5 nitrogen and oxygen atoms in total. The van der Waals surface area contributed by atoms with E-state index in [1.54, 1.807) is 0 Å². The third-order valence-corrected chi connectivity index (χ3v) is 16.7. The molecule has 50 heavy (non-hydrogen) atoms. The number of hydrogen-bond donors (Lipinski definition) is 1. The Morgan fingerprint density at radius 3 is 2.00 bits per heavy atom. The SMILES string of the molecule is CCC(CO[Si](c1ccccc1)(c1ccccc1)C(C)(C)C)N1C(=O)C(C)(C2CC2C(=O)O)CC(c2cccc(Cl)c2)C1c1ccc(Cl)cc1. The minimum atomic E-state index is -2.93. The van der Waals surface area contributed by atoms with Crippen LogP contribution in [-0.2, 0) is 14.0 Å². The average Bonchev–Trinajstić information content (AvgIpc) is 3.92. The highest BCUT2D eigenvalue weighted by Crippen LogP contribution is 2.61. The number of hydrogen-bond acceptors (Lipinski definition) is 3. The molecule has 8 heteroatoms. The fraction of sp³-hybridized carbons (Fsp3) is 0.381. The Bertz CT molecular complexity index is 1770. The van der Waals surface area contributed by atoms with Gasteiger partial charge in [0.25, 0.3) is 8.32 Å². The zero-order valence-electron chi connectivity index (χ0n) is 29.5. The van der Waals surface area contributed by atoms with Gasteiger partial charge in [-0.25, -0.2) is 0 Å². The van der Waals surface area contributed by atoms with Crippen LogP contribution in [0.15, 0.2) is 109 Å². The predicted molar refractivity (Wildman–Crippen MR) is 205 cm³/mol. The molecule has 2 aliphatic rings. The van der Waals surface area contributed by atoms with Crippen molar-refractivity contribution in [1.29, 1.82) is 0 Å². The van der Waals surface area contributed by atoms with Gasteiger partial charge in [-0.15, -0.1) is 0 Å². The largest absolute Gasteiger partial charge is 0.481 e. The second-order valence-corrected chi connectivity index (χ2v) is 20.5. The number of halogens is 2. The van der Waals surface area contributed by atoms with Crippen LogP contribution < -0.4 is 10.4 Å². The number of piperidine rings is 1. The van der Waals surface area contributed by atoms with E-state index in [-0.39, 0.29) is 34.9 Å². The van der Waals surface area contributed by atoms with E-state index in [0.29, 0.717) is 35.9 Å². The van der Waals surface area contributed by atoms with Crippen molar-refractivity contribution in [3.63, 3.8) is 0 Å². The van der Waals surface area contributed by atoms with Gasteiger partial charge in [0.15, 0.2) is 0 Å². The van der Waals surface area contributed by atoms with Crippen molar-refractivity contribution in [2.75, 3.05) is 6.61 Å². The summed E-state index contributed by atoms with van der Waals surface area (Å²) in [5, 5.41) is 13.4. The molecule has 1 N–H and O–H groups in total. The van der Waals surface area contributed by atoms with Crippen molar-refractivity contribution in [3.8, 4) is 0 Å². The molecule has 6 atom stereocenters. The maximum absolute atomic E-state index is 15.3. The maximum Gasteiger partial charge on any atom is 0.306 e. The van der Waals surface area contributed by atoms with Crippen molar-refractivity contribution < 1.29 is 19.1 Å². The van der Waals surface area contributed by atoms with Gasteiger partial charge in [0.1, 0.15) is 0 Å². The Morgan fingerprint density at radius 1 is 0.900 bits per heavy atom. The highest BCUT2D eigenvalue weighted by atomic mass is 35.5. The standard InChI is InChI=1S/C42H47Cl2NO4Si/c1-6-32(27-49-50(41(2,3)4,33-16-9-7-10-17-33)34-18-11-8-12-19-34)45-38(28-20-22-30(43)23-21-28)36(29-14-13-15-31(44)24-29)26-42(5,40(45)48)37-25-35(37)39(46)47/h7-24,32,35-38H,6,25-27H2,1-5H3,(H,46,47). The molecule has 0 aromatic heterocycles. The molecular weight excluding hydrogens is 681 g/mol. The number of nitrogens with zero attached hydrogens (tertiary/aromatic N) is 1. The summed E-state index contributed by atoms with van der Waals surface area (Å²) in [6.07, 6.45) is 1.66. The van der Waals surface area contributed by atoms with Gasteiger partial charge < -0.3 is 14.4 Å². The van der Waals surface area contributed by atoms with E-state index in [1.165, 1.54) is 10.4 Å². The van der Waals surface area contributed by atoms with Gasteiger partial charge >= 0.3 is 5.97 Å². The van der Waals surface area contributed by atoms with Crippen molar-refractivity contribution in [2.24, 2.45) is 17.3 Å². The van der Waals surface area contributed by atoms with E-state index in [1.807, 2.05) is 61.5 Å². The summed E-state index contributed by atoms with van der Waals surface area (Å²) in [4.78, 5) is 29.6. The number of likely N-dealkylation sites (tertiary alicyclic amines) is 1. The van der Waals surface area contributed by atoms with Crippen LogP contribution in [0.25, 0.3) is 0 Å². The second kappa shape index (κ2) is 14.3. The van der Waals surface area contributed by atoms with E-state index in [0.717, 1.165) is 11.1 Å². The molecule has 1 saturated heterocycles. The lowest BCUT2D eigenvalue weighted by atomic mass is 9.65. The molecular formula is C42H47Cl2NO4Si. The molecule has 6 rings (SSSR count). The van der Waals surface area contributed by atoms with Crippen LogP contribution in [-0.4, -0.2) is 42.8 Å². The van der Waals surface area contributed by atoms with Crippen LogP contribution in [0.4, 0.5) is 0 Å². The van der Waals surface area contributed by atoms with Crippen LogP contribution >= 0.6 is 23.2 Å². The van der Waals surface area contributed by atoms with Gasteiger partial charge in [0, 0.05) is 16.0 Å². The number of rotatable bonds is 11. The lowest BCUT2D eigenvalue weighted by molar-refractivity contribution is -0.158. The first kappa shape index (κ1) is 36.4. The van der Waals surface area contributed by atoms with Crippen LogP contribution in [0.2, 0.25) is 15.1 Å². The smallest absolute Gasteiger partial charge is 0.306 e. The fourth-order valence-corrected chi connectivity index (χ4v) is 13.5. The summed E-state index contributed by atoms with van der Waals surface area (Å²) in [6.45, 7) is 11.2. The Kier molecular flexibility index (Phi) is 10.4. The monoisotopic (exact) mass is 727 g/mol. The third kappa shape index (κ3) is 6.68. The first-order valence-electron chi connectivity index (χ1n) is 17.6. The van der Waals surface area contributed by atoms with E-state index in [9.17, 15) is 9.90 Å². The molecule has 1 aliphatic heterocycles. The van der Waals surface area contributed by atoms with Crippen molar-refractivity contribution in [1.82, 2.24) is 4.90 Å². The number of carboxylic acid groups (broad SMARTS) is 1. The van der Waals surface area contributed by atoms with Crippen molar-refractivity contribution in [3.05, 3.63) is 130 Å². The lowest BCUT2D eigenvalue weighted by Crippen LogP contribution is -2.68. The Balaban J connectivity index is 1.50. The fourth-order valence-electron chi connectivity index (χ4n) is 8.61. The highest BCUT2D eigenvalue weighted by molar-refractivity contribution is 6.99. The molecule has 1 aliphatic carbocycles. The zero-order chi connectivity index (χ0) is 35.8. The Morgan fingerprint density at radius 2 is 1.50 bits per heavy atom. The molecule has 1 amide bonds. The number of benzene rings is 4. The van der Waals surface area contributed by atoms with Crippen molar-refractivity contribution >= 4 is 53.8 Å². The van der Waals surface area contributed by atoms with Gasteiger partial charge in [-0.2, -0.15) is 0 Å². The normalized spacial score (nSPS) is 24.5. The summed E-state index contributed by atoms with van der Waals surface area (Å²) in [5.74, 6) is -1.78. The van der Waals surface area contributed by atoms with E-state index < -0.39 is 25.6 Å². The molecule has 1 saturated carbocycles. The number of aliphatic carboxylic acids is 1. The first-order chi connectivity index (χ1) is 23.8. The van der Waals surface area contributed by atoms with Crippen molar-refractivity contribution in [2.45, 2.75) is 76.9 Å². The number of amides is 1. The minimum Gasteiger partial charge on any atom is -0.481 e. The highest BCUT2D eigenvalue weighted by Gasteiger charge is 2.63. The van der Waals surface area contributed by atoms with Gasteiger partial charge in [-0.05, 0) is 76.0 Å². The minimum absolute atomic E-state index is 0.0117. The van der Waals surface area contributed by atoms with Crippen LogP contribution in [0, 0.1) is 17.3 Å². The van der Waals surface area contributed by atoms with Gasteiger partial charge in [-0.3, -0.25) is 9.59 Å². The van der Waals surface area contributed by atoms with E-state index in [4.69, 9.17) is 27.6 Å². The maximum atomic E-state index is 15.3. The van der Waals surface area contributed by atoms with Gasteiger partial charge in [-0.1, -0.05) is 143 Å². The zero-order valence-corrected chi connectivity index (χ0v) is 32.0. The van der Waals surface area contributed by atoms with Crippen LogP contribution in [0.1, 0.15) is 77.0 Å². The molecule has 2 fully saturated rings. The number of carboxylic acids is 1. The first-order valence-corrected chi connectivity index (χ1v) is 20.3. The summed E-state index contributed by atoms with van der Waals surface area (Å²) < 4.78 is 7.50. The van der Waals surface area contributed by atoms with Gasteiger partial charge in [0.2, 0.25) is 5.91 Å². The van der Waals surface area contributed by atoms with E-state index in [2.05, 4.69) is 87.2 Å². The molecule has 0 spiro atoms.